The second-order valence-corrected chi connectivity index (χ2v) is 4.14. The molecule has 0 saturated heterocycles. The van der Waals surface area contributed by atoms with Gasteiger partial charge in [0.2, 0.25) is 0 Å². The van der Waals surface area contributed by atoms with Crippen LogP contribution >= 0.6 is 0 Å². The second-order valence-electron chi connectivity index (χ2n) is 4.14. The largest absolute Gasteiger partial charge is 0.313 e. The van der Waals surface area contributed by atoms with E-state index in [-0.39, 0.29) is 0 Å². The first-order chi connectivity index (χ1) is 7.40. The van der Waals surface area contributed by atoms with Gasteiger partial charge in [-0.3, -0.25) is 0 Å². The zero-order chi connectivity index (χ0) is 10.5. The van der Waals surface area contributed by atoms with Crippen molar-refractivity contribution >= 4 is 0 Å². The lowest BCUT2D eigenvalue weighted by molar-refractivity contribution is 0.293. The van der Waals surface area contributed by atoms with Gasteiger partial charge in [-0.1, -0.05) is 30.3 Å². The topological polar surface area (TPSA) is 35.8 Å². The van der Waals surface area contributed by atoms with Gasteiger partial charge in [0.25, 0.3) is 0 Å². The third-order valence-corrected chi connectivity index (χ3v) is 3.08. The van der Waals surface area contributed by atoms with Gasteiger partial charge >= 0.3 is 0 Å². The van der Waals surface area contributed by atoms with Crippen molar-refractivity contribution in [3.05, 3.63) is 35.9 Å². The van der Waals surface area contributed by atoms with Crippen LogP contribution in [0.5, 0.6) is 0 Å². The van der Waals surface area contributed by atoms with E-state index in [9.17, 15) is 0 Å². The molecule has 0 unspecified atom stereocenters. The highest BCUT2D eigenvalue weighted by atomic mass is 14.9. The predicted octanol–water partition coefficient (Wildman–Crippen LogP) is 2.44. The van der Waals surface area contributed by atoms with E-state index in [4.69, 9.17) is 5.26 Å². The molecule has 1 aliphatic carbocycles. The van der Waals surface area contributed by atoms with E-state index < -0.39 is 0 Å². The Bertz CT molecular complexity index is 333. The summed E-state index contributed by atoms with van der Waals surface area (Å²) in [4.78, 5) is 0. The van der Waals surface area contributed by atoms with Crippen LogP contribution in [0.3, 0.4) is 0 Å². The van der Waals surface area contributed by atoms with Gasteiger partial charge in [-0.25, -0.2) is 0 Å². The van der Waals surface area contributed by atoms with Crippen molar-refractivity contribution in [2.75, 3.05) is 6.54 Å². The lowest BCUT2D eigenvalue weighted by Gasteiger charge is -2.36. The van der Waals surface area contributed by atoms with Gasteiger partial charge in [-0.05, 0) is 24.3 Å². The minimum atomic E-state index is 0.618. The monoisotopic (exact) mass is 200 g/mol. The van der Waals surface area contributed by atoms with Gasteiger partial charge in [0.15, 0.2) is 0 Å². The van der Waals surface area contributed by atoms with Crippen LogP contribution in [0.4, 0.5) is 0 Å². The van der Waals surface area contributed by atoms with Gasteiger partial charge in [-0.2, -0.15) is 5.26 Å². The summed E-state index contributed by atoms with van der Waals surface area (Å²) in [6, 6.07) is 13.5. The number of nitriles is 1. The van der Waals surface area contributed by atoms with Gasteiger partial charge in [0.1, 0.15) is 0 Å². The van der Waals surface area contributed by atoms with Crippen LogP contribution < -0.4 is 5.32 Å². The summed E-state index contributed by atoms with van der Waals surface area (Å²) in [6.45, 7) is 0.836. The number of rotatable bonds is 4. The normalized spacial score (nSPS) is 24.2. The quantitative estimate of drug-likeness (QED) is 0.758. The molecule has 78 valence electrons. The number of hydrogen-bond donors (Lipinski definition) is 1. The van der Waals surface area contributed by atoms with Crippen molar-refractivity contribution in [1.82, 2.24) is 5.32 Å². The molecule has 1 N–H and O–H groups in total. The maximum Gasteiger partial charge on any atom is 0.0635 e. The van der Waals surface area contributed by atoms with Crippen molar-refractivity contribution in [3.63, 3.8) is 0 Å². The van der Waals surface area contributed by atoms with E-state index in [1.165, 1.54) is 18.4 Å². The number of nitrogens with one attached hydrogen (secondary N) is 1. The first kappa shape index (κ1) is 10.2. The third-order valence-electron chi connectivity index (χ3n) is 3.08. The molecule has 2 heteroatoms. The molecule has 0 atom stereocenters. The molecule has 1 saturated carbocycles. The fourth-order valence-corrected chi connectivity index (χ4v) is 2.11. The van der Waals surface area contributed by atoms with E-state index in [0.29, 0.717) is 12.5 Å². The zero-order valence-corrected chi connectivity index (χ0v) is 8.82. The zero-order valence-electron chi connectivity index (χ0n) is 8.82. The Hall–Kier alpha value is -1.33. The number of hydrogen-bond acceptors (Lipinski definition) is 2. The van der Waals surface area contributed by atoms with Crippen molar-refractivity contribution in [2.24, 2.45) is 0 Å². The van der Waals surface area contributed by atoms with E-state index in [1.54, 1.807) is 0 Å². The first-order valence-electron chi connectivity index (χ1n) is 5.55. The highest BCUT2D eigenvalue weighted by Crippen LogP contribution is 2.36. The lowest BCUT2D eigenvalue weighted by atomic mass is 9.76. The van der Waals surface area contributed by atoms with Crippen molar-refractivity contribution in [1.29, 1.82) is 5.26 Å². The maximum absolute atomic E-state index is 8.41. The number of benzene rings is 1. The van der Waals surface area contributed by atoms with Crippen molar-refractivity contribution in [3.8, 4) is 6.07 Å². The van der Waals surface area contributed by atoms with Gasteiger partial charge < -0.3 is 5.32 Å². The molecule has 2 rings (SSSR count). The molecule has 0 bridgehead atoms. The molecule has 0 aliphatic heterocycles. The smallest absolute Gasteiger partial charge is 0.0635 e. The molecule has 0 heterocycles. The molecule has 1 fully saturated rings. The molecule has 1 aliphatic rings. The van der Waals surface area contributed by atoms with E-state index in [0.717, 1.165) is 12.5 Å². The van der Waals surface area contributed by atoms with Crippen LogP contribution in [0.15, 0.2) is 30.3 Å². The highest BCUT2D eigenvalue weighted by Gasteiger charge is 2.29. The minimum Gasteiger partial charge on any atom is -0.313 e. The highest BCUT2D eigenvalue weighted by molar-refractivity contribution is 5.22. The lowest BCUT2D eigenvalue weighted by Crippen LogP contribution is -2.40. The first-order valence-corrected chi connectivity index (χ1v) is 5.55. The Morgan fingerprint density at radius 2 is 2.00 bits per heavy atom. The van der Waals surface area contributed by atoms with Crippen LogP contribution in [-0.4, -0.2) is 12.6 Å². The maximum atomic E-state index is 8.41. The van der Waals surface area contributed by atoms with Crippen molar-refractivity contribution in [2.45, 2.75) is 31.2 Å². The van der Waals surface area contributed by atoms with E-state index in [1.807, 2.05) is 0 Å². The molecule has 0 spiro atoms. The molecule has 0 amide bonds. The summed E-state index contributed by atoms with van der Waals surface area (Å²) in [7, 11) is 0. The van der Waals surface area contributed by atoms with Crippen LogP contribution in [0.25, 0.3) is 0 Å². The van der Waals surface area contributed by atoms with Crippen LogP contribution in [0, 0.1) is 11.3 Å². The molecular formula is C13H16N2. The summed E-state index contributed by atoms with van der Waals surface area (Å²) >= 11 is 0. The SMILES string of the molecule is N#CCCNC1CC(c2ccccc2)C1. The van der Waals surface area contributed by atoms with Gasteiger partial charge in [0, 0.05) is 19.0 Å². The Labute approximate surface area is 90.9 Å². The van der Waals surface area contributed by atoms with E-state index >= 15 is 0 Å². The average molecular weight is 200 g/mol. The fourth-order valence-electron chi connectivity index (χ4n) is 2.11. The average Bonchev–Trinajstić information content (AvgIpc) is 2.23. The molecule has 2 nitrogen and oxygen atoms in total. The Morgan fingerprint density at radius 3 is 2.67 bits per heavy atom. The standard InChI is InChI=1S/C13H16N2/c14-7-4-8-15-13-9-12(10-13)11-5-2-1-3-6-11/h1-3,5-6,12-13,15H,4,8-10H2. The van der Waals surface area contributed by atoms with Crippen LogP contribution in [0.1, 0.15) is 30.7 Å². The third kappa shape index (κ3) is 2.57. The summed E-state index contributed by atoms with van der Waals surface area (Å²) in [5.74, 6) is 0.728. The van der Waals surface area contributed by atoms with Crippen LogP contribution in [0.2, 0.25) is 0 Å². The Kier molecular flexibility index (Phi) is 3.37. The van der Waals surface area contributed by atoms with Crippen LogP contribution in [-0.2, 0) is 0 Å². The molecule has 15 heavy (non-hydrogen) atoms. The molecule has 0 radical (unpaired) electrons. The molecule has 1 aromatic rings. The fraction of sp³-hybridized carbons (Fsp3) is 0.462. The Balaban J connectivity index is 1.72. The Morgan fingerprint density at radius 1 is 1.27 bits per heavy atom. The summed E-state index contributed by atoms with van der Waals surface area (Å²) < 4.78 is 0. The predicted molar refractivity (Wildman–Crippen MR) is 60.4 cm³/mol. The second kappa shape index (κ2) is 4.95. The number of nitrogens with zero attached hydrogens (tertiary/aromatic N) is 1. The van der Waals surface area contributed by atoms with Gasteiger partial charge in [0.05, 0.1) is 6.07 Å². The van der Waals surface area contributed by atoms with Crippen molar-refractivity contribution < 1.29 is 0 Å². The molecule has 0 aromatic heterocycles. The summed E-state index contributed by atoms with van der Waals surface area (Å²) in [5, 5.41) is 11.8. The molecular weight excluding hydrogens is 184 g/mol. The summed E-state index contributed by atoms with van der Waals surface area (Å²) in [5.41, 5.74) is 1.45. The summed E-state index contributed by atoms with van der Waals surface area (Å²) in [6.07, 6.45) is 3.05. The molecule has 1 aromatic carbocycles. The minimum absolute atomic E-state index is 0.618. The van der Waals surface area contributed by atoms with E-state index in [2.05, 4.69) is 41.7 Å². The van der Waals surface area contributed by atoms with Gasteiger partial charge in [-0.15, -0.1) is 0 Å².